The first-order chi connectivity index (χ1) is 14.9. The van der Waals surface area contributed by atoms with Gasteiger partial charge in [0, 0.05) is 17.3 Å². The van der Waals surface area contributed by atoms with E-state index >= 15 is 0 Å². The van der Waals surface area contributed by atoms with E-state index in [1.165, 1.54) is 0 Å². The van der Waals surface area contributed by atoms with Gasteiger partial charge in [0.15, 0.2) is 0 Å². The summed E-state index contributed by atoms with van der Waals surface area (Å²) in [6.45, 7) is 0. The Morgan fingerprint density at radius 3 is 1.67 bits per heavy atom. The van der Waals surface area contributed by atoms with Gasteiger partial charge in [-0.25, -0.2) is 4.98 Å². The van der Waals surface area contributed by atoms with Crippen molar-refractivity contribution in [2.45, 2.75) is 0 Å². The summed E-state index contributed by atoms with van der Waals surface area (Å²) in [6.07, 6.45) is 1.79. The fourth-order valence-corrected chi connectivity index (χ4v) is 3.39. The Bertz CT molecular complexity index is 1270. The Balaban J connectivity index is 1.64. The molecular weight excluding hydrogens is 368 g/mol. The van der Waals surface area contributed by atoms with Gasteiger partial charge in [0.2, 0.25) is 5.82 Å². The summed E-state index contributed by atoms with van der Waals surface area (Å²) in [4.78, 5) is 9.40. The van der Waals surface area contributed by atoms with Crippen LogP contribution >= 0.6 is 0 Å². The third-order valence-electron chi connectivity index (χ3n) is 4.88. The minimum absolute atomic E-state index is 0.506. The molecule has 0 saturated carbocycles. The van der Waals surface area contributed by atoms with E-state index in [1.54, 1.807) is 6.20 Å². The first-order valence-electron chi connectivity index (χ1n) is 9.76. The average Bonchev–Trinajstić information content (AvgIpc) is 2.85. The van der Waals surface area contributed by atoms with Crippen LogP contribution in [0.5, 0.6) is 0 Å². The van der Waals surface area contributed by atoms with Crippen LogP contribution in [0.15, 0.2) is 109 Å². The molecule has 0 fully saturated rings. The molecule has 30 heavy (non-hydrogen) atoms. The fraction of sp³-hybridized carbons (Fsp3) is 0. The minimum Gasteiger partial charge on any atom is -0.253 e. The Kier molecular flexibility index (Phi) is 4.80. The molecule has 0 unspecified atom stereocenters. The largest absolute Gasteiger partial charge is 0.253 e. The second-order valence-electron chi connectivity index (χ2n) is 6.86. The van der Waals surface area contributed by atoms with E-state index in [4.69, 9.17) is 4.98 Å². The third-order valence-corrected chi connectivity index (χ3v) is 4.88. The second kappa shape index (κ2) is 8.05. The van der Waals surface area contributed by atoms with E-state index in [-0.39, 0.29) is 0 Å². The van der Waals surface area contributed by atoms with Crippen molar-refractivity contribution < 1.29 is 0 Å². The van der Waals surface area contributed by atoms with Gasteiger partial charge in [-0.2, -0.15) is 0 Å². The van der Waals surface area contributed by atoms with Gasteiger partial charge in [0.25, 0.3) is 0 Å². The molecule has 0 atom stereocenters. The van der Waals surface area contributed by atoms with Crippen molar-refractivity contribution in [1.82, 2.24) is 20.2 Å². The highest BCUT2D eigenvalue weighted by molar-refractivity contribution is 5.78. The summed E-state index contributed by atoms with van der Waals surface area (Å²) in [5.74, 6) is 0.506. The lowest BCUT2D eigenvalue weighted by Crippen LogP contribution is -2.01. The lowest BCUT2D eigenvalue weighted by molar-refractivity contribution is 0.982. The van der Waals surface area contributed by atoms with Gasteiger partial charge in [-0.05, 0) is 23.3 Å². The molecule has 4 heteroatoms. The Hall–Kier alpha value is -4.18. The number of hydrogen-bond donors (Lipinski definition) is 0. The van der Waals surface area contributed by atoms with Crippen LogP contribution in [0.25, 0.3) is 45.2 Å². The first kappa shape index (κ1) is 17.9. The van der Waals surface area contributed by atoms with E-state index in [1.807, 2.05) is 91.0 Å². The predicted octanol–water partition coefficient (Wildman–Crippen LogP) is 5.93. The topological polar surface area (TPSA) is 51.6 Å². The number of pyridine rings is 1. The molecule has 142 valence electrons. The van der Waals surface area contributed by atoms with Crippen molar-refractivity contribution >= 4 is 0 Å². The molecule has 0 aliphatic rings. The van der Waals surface area contributed by atoms with E-state index < -0.39 is 0 Å². The van der Waals surface area contributed by atoms with Crippen LogP contribution in [-0.4, -0.2) is 20.2 Å². The minimum atomic E-state index is 0.506. The molecule has 0 bridgehead atoms. The lowest BCUT2D eigenvalue weighted by atomic mass is 10.0. The molecule has 5 rings (SSSR count). The first-order valence-corrected chi connectivity index (χ1v) is 9.76. The van der Waals surface area contributed by atoms with Gasteiger partial charge in [0.1, 0.15) is 17.1 Å². The van der Waals surface area contributed by atoms with Crippen LogP contribution in [0.1, 0.15) is 0 Å². The van der Waals surface area contributed by atoms with Crippen molar-refractivity contribution in [3.05, 3.63) is 109 Å². The Morgan fingerprint density at radius 1 is 0.467 bits per heavy atom. The van der Waals surface area contributed by atoms with E-state index in [0.29, 0.717) is 11.5 Å². The monoisotopic (exact) mass is 386 g/mol. The molecule has 2 heterocycles. The van der Waals surface area contributed by atoms with E-state index in [9.17, 15) is 0 Å². The van der Waals surface area contributed by atoms with Crippen LogP contribution in [0.4, 0.5) is 0 Å². The molecule has 0 spiro atoms. The van der Waals surface area contributed by atoms with Gasteiger partial charge in [0.05, 0.1) is 0 Å². The van der Waals surface area contributed by atoms with Crippen LogP contribution in [0.3, 0.4) is 0 Å². The van der Waals surface area contributed by atoms with Gasteiger partial charge in [-0.15, -0.1) is 10.2 Å². The number of hydrogen-bond acceptors (Lipinski definition) is 4. The van der Waals surface area contributed by atoms with Crippen molar-refractivity contribution in [1.29, 1.82) is 0 Å². The maximum atomic E-state index is 4.89. The normalized spacial score (nSPS) is 10.7. The maximum absolute atomic E-state index is 4.89. The molecule has 0 N–H and O–H groups in total. The summed E-state index contributed by atoms with van der Waals surface area (Å²) in [5.41, 5.74) is 6.40. The molecule has 0 amide bonds. The predicted molar refractivity (Wildman–Crippen MR) is 119 cm³/mol. The summed E-state index contributed by atoms with van der Waals surface area (Å²) in [6, 6.07) is 34.3. The van der Waals surface area contributed by atoms with Crippen LogP contribution < -0.4 is 0 Å². The van der Waals surface area contributed by atoms with Crippen LogP contribution in [-0.2, 0) is 0 Å². The molecular formula is C26H18N4. The quantitative estimate of drug-likeness (QED) is 0.384. The van der Waals surface area contributed by atoms with E-state index in [2.05, 4.69) is 27.3 Å². The van der Waals surface area contributed by atoms with Crippen LogP contribution in [0.2, 0.25) is 0 Å². The number of aromatic nitrogens is 4. The van der Waals surface area contributed by atoms with Crippen LogP contribution in [0, 0.1) is 0 Å². The van der Waals surface area contributed by atoms with Gasteiger partial charge in [-0.3, -0.25) is 4.98 Å². The second-order valence-corrected chi connectivity index (χ2v) is 6.86. The van der Waals surface area contributed by atoms with Gasteiger partial charge < -0.3 is 0 Å². The van der Waals surface area contributed by atoms with Crippen molar-refractivity contribution in [3.63, 3.8) is 0 Å². The highest BCUT2D eigenvalue weighted by Crippen LogP contribution is 2.30. The molecule has 0 aliphatic carbocycles. The zero-order chi connectivity index (χ0) is 20.2. The maximum Gasteiger partial charge on any atom is 0.201 e. The van der Waals surface area contributed by atoms with Gasteiger partial charge in [-0.1, -0.05) is 91.0 Å². The fourth-order valence-electron chi connectivity index (χ4n) is 3.39. The molecule has 2 aromatic heterocycles. The van der Waals surface area contributed by atoms with Crippen molar-refractivity contribution in [2.24, 2.45) is 0 Å². The number of benzene rings is 3. The highest BCUT2D eigenvalue weighted by Gasteiger charge is 2.15. The zero-order valence-electron chi connectivity index (χ0n) is 16.2. The molecule has 4 nitrogen and oxygen atoms in total. The van der Waals surface area contributed by atoms with Crippen molar-refractivity contribution in [2.75, 3.05) is 0 Å². The summed E-state index contributed by atoms with van der Waals surface area (Å²) in [7, 11) is 0. The summed E-state index contributed by atoms with van der Waals surface area (Å²) >= 11 is 0. The highest BCUT2D eigenvalue weighted by atomic mass is 15.2. The number of nitrogens with zero attached hydrogens (tertiary/aromatic N) is 4. The summed E-state index contributed by atoms with van der Waals surface area (Å²) < 4.78 is 0. The molecule has 0 saturated heterocycles. The standard InChI is InChI=1S/C26H18N4/c1-4-10-19(11-5-1)22-16-17-27-23(18-22)26-28-24(20-12-6-2-7-13-20)25(29-30-26)21-14-8-3-9-15-21/h1-18H. The number of rotatable bonds is 4. The molecule has 5 aromatic rings. The summed E-state index contributed by atoms with van der Waals surface area (Å²) in [5, 5.41) is 8.97. The zero-order valence-corrected chi connectivity index (χ0v) is 16.2. The average molecular weight is 386 g/mol. The smallest absolute Gasteiger partial charge is 0.201 e. The third kappa shape index (κ3) is 3.59. The molecule has 0 radical (unpaired) electrons. The lowest BCUT2D eigenvalue weighted by Gasteiger charge is -2.10. The molecule has 0 aliphatic heterocycles. The van der Waals surface area contributed by atoms with Gasteiger partial charge >= 0.3 is 0 Å². The van der Waals surface area contributed by atoms with Crippen molar-refractivity contribution in [3.8, 4) is 45.2 Å². The SMILES string of the molecule is c1ccc(-c2ccnc(-c3nnc(-c4ccccc4)c(-c4ccccc4)n3)c2)cc1. The Labute approximate surface area is 175 Å². The Morgan fingerprint density at radius 2 is 1.03 bits per heavy atom. The molecule has 3 aromatic carbocycles. The van der Waals surface area contributed by atoms with E-state index in [0.717, 1.165) is 33.6 Å².